The molecule has 3 rings (SSSR count). The van der Waals surface area contributed by atoms with Crippen LogP contribution < -0.4 is 10.5 Å². The van der Waals surface area contributed by atoms with Crippen LogP contribution in [-0.4, -0.2) is 12.1 Å². The first kappa shape index (κ1) is 13.6. The van der Waals surface area contributed by atoms with Crippen LogP contribution in [0, 0.1) is 5.82 Å². The van der Waals surface area contributed by atoms with Crippen molar-refractivity contribution >= 4 is 15.9 Å². The number of para-hydroxylation sites is 1. The zero-order valence-electron chi connectivity index (χ0n) is 10.9. The van der Waals surface area contributed by atoms with Crippen LogP contribution in [0.15, 0.2) is 46.9 Å². The Morgan fingerprint density at radius 1 is 1.25 bits per heavy atom. The Morgan fingerprint density at radius 3 is 2.85 bits per heavy atom. The van der Waals surface area contributed by atoms with Crippen molar-refractivity contribution in [2.24, 2.45) is 5.73 Å². The number of fused-ring (bicyclic) bond motifs is 1. The molecule has 1 heterocycles. The molecule has 0 spiro atoms. The van der Waals surface area contributed by atoms with Gasteiger partial charge in [0, 0.05) is 12.5 Å². The molecule has 4 heteroatoms. The first-order chi connectivity index (χ1) is 9.65. The minimum absolute atomic E-state index is 0.0532. The molecule has 1 aliphatic heterocycles. The van der Waals surface area contributed by atoms with Crippen molar-refractivity contribution in [1.29, 1.82) is 0 Å². The molecule has 0 amide bonds. The van der Waals surface area contributed by atoms with Crippen LogP contribution >= 0.6 is 15.9 Å². The smallest absolute Gasteiger partial charge is 0.137 e. The summed E-state index contributed by atoms with van der Waals surface area (Å²) >= 11 is 3.27. The van der Waals surface area contributed by atoms with Gasteiger partial charge in [-0.25, -0.2) is 4.39 Å². The number of rotatable bonds is 3. The van der Waals surface area contributed by atoms with E-state index < -0.39 is 0 Å². The molecule has 104 valence electrons. The second-order valence-electron chi connectivity index (χ2n) is 5.05. The minimum atomic E-state index is -0.259. The van der Waals surface area contributed by atoms with Crippen molar-refractivity contribution in [2.75, 3.05) is 0 Å². The summed E-state index contributed by atoms with van der Waals surface area (Å²) in [5.41, 5.74) is 8.30. The molecule has 0 bridgehead atoms. The third-order valence-electron chi connectivity index (χ3n) is 3.64. The van der Waals surface area contributed by atoms with E-state index in [1.54, 1.807) is 6.07 Å². The molecule has 0 saturated carbocycles. The number of nitrogens with two attached hydrogens (primary N) is 1. The fourth-order valence-electron chi connectivity index (χ4n) is 2.54. The first-order valence-electron chi connectivity index (χ1n) is 6.58. The maximum Gasteiger partial charge on any atom is 0.137 e. The third kappa shape index (κ3) is 2.58. The molecule has 2 aromatic carbocycles. The maximum atomic E-state index is 13.5. The summed E-state index contributed by atoms with van der Waals surface area (Å²) in [6.45, 7) is 0. The number of halogens is 2. The highest BCUT2D eigenvalue weighted by Gasteiger charge is 2.28. The van der Waals surface area contributed by atoms with Crippen molar-refractivity contribution < 1.29 is 9.13 Å². The standard InChI is InChI=1S/C16H15BrFNO/c17-16-11(5-3-6-12(16)18)8-13(19)15-9-10-4-1-2-7-14(10)20-15/h1-7,13,15H,8-9,19H2. The van der Waals surface area contributed by atoms with Gasteiger partial charge < -0.3 is 10.5 Å². The van der Waals surface area contributed by atoms with Gasteiger partial charge in [0.05, 0.1) is 4.47 Å². The topological polar surface area (TPSA) is 35.2 Å². The lowest BCUT2D eigenvalue weighted by atomic mass is 9.98. The molecule has 2 aromatic rings. The Balaban J connectivity index is 1.72. The van der Waals surface area contributed by atoms with Crippen molar-refractivity contribution in [1.82, 2.24) is 0 Å². The van der Waals surface area contributed by atoms with Gasteiger partial charge in [0.15, 0.2) is 0 Å². The summed E-state index contributed by atoms with van der Waals surface area (Å²) in [6.07, 6.45) is 1.34. The molecule has 2 N–H and O–H groups in total. The number of benzene rings is 2. The molecule has 0 aromatic heterocycles. The van der Waals surface area contributed by atoms with Crippen LogP contribution in [0.2, 0.25) is 0 Å². The highest BCUT2D eigenvalue weighted by molar-refractivity contribution is 9.10. The van der Waals surface area contributed by atoms with E-state index in [2.05, 4.69) is 22.0 Å². The zero-order chi connectivity index (χ0) is 14.1. The lowest BCUT2D eigenvalue weighted by Gasteiger charge is -2.19. The Bertz CT molecular complexity index is 607. The van der Waals surface area contributed by atoms with E-state index in [-0.39, 0.29) is 18.0 Å². The number of ether oxygens (including phenoxy) is 1. The van der Waals surface area contributed by atoms with E-state index in [0.717, 1.165) is 17.7 Å². The summed E-state index contributed by atoms with van der Waals surface area (Å²) in [7, 11) is 0. The van der Waals surface area contributed by atoms with E-state index in [9.17, 15) is 4.39 Å². The van der Waals surface area contributed by atoms with Crippen LogP contribution in [0.25, 0.3) is 0 Å². The van der Waals surface area contributed by atoms with Gasteiger partial charge in [0.1, 0.15) is 17.7 Å². The molecule has 0 radical (unpaired) electrons. The predicted octanol–water partition coefficient (Wildman–Crippen LogP) is 3.46. The average Bonchev–Trinajstić information content (AvgIpc) is 2.88. The lowest BCUT2D eigenvalue weighted by molar-refractivity contribution is 0.198. The second kappa shape index (κ2) is 5.54. The van der Waals surface area contributed by atoms with Gasteiger partial charge in [-0.2, -0.15) is 0 Å². The van der Waals surface area contributed by atoms with Crippen LogP contribution in [0.3, 0.4) is 0 Å². The van der Waals surface area contributed by atoms with Gasteiger partial charge in [0.25, 0.3) is 0 Å². The fraction of sp³-hybridized carbons (Fsp3) is 0.250. The average molecular weight is 336 g/mol. The van der Waals surface area contributed by atoms with E-state index in [0.29, 0.717) is 10.9 Å². The second-order valence-corrected chi connectivity index (χ2v) is 5.84. The maximum absolute atomic E-state index is 13.5. The minimum Gasteiger partial charge on any atom is -0.488 e. The largest absolute Gasteiger partial charge is 0.488 e. The molecular formula is C16H15BrFNO. The fourth-order valence-corrected chi connectivity index (χ4v) is 2.97. The third-order valence-corrected chi connectivity index (χ3v) is 4.52. The monoisotopic (exact) mass is 335 g/mol. The van der Waals surface area contributed by atoms with Gasteiger partial charge in [-0.1, -0.05) is 30.3 Å². The molecule has 0 aliphatic carbocycles. The van der Waals surface area contributed by atoms with Crippen LogP contribution in [-0.2, 0) is 12.8 Å². The van der Waals surface area contributed by atoms with Gasteiger partial charge >= 0.3 is 0 Å². The van der Waals surface area contributed by atoms with E-state index >= 15 is 0 Å². The van der Waals surface area contributed by atoms with Crippen LogP contribution in [0.4, 0.5) is 4.39 Å². The quantitative estimate of drug-likeness (QED) is 0.932. The van der Waals surface area contributed by atoms with E-state index in [1.165, 1.54) is 11.6 Å². The van der Waals surface area contributed by atoms with E-state index in [1.807, 2.05) is 24.3 Å². The van der Waals surface area contributed by atoms with Crippen molar-refractivity contribution in [3.63, 3.8) is 0 Å². The van der Waals surface area contributed by atoms with Crippen LogP contribution in [0.5, 0.6) is 5.75 Å². The summed E-state index contributed by atoms with van der Waals surface area (Å²) in [5.74, 6) is 0.650. The van der Waals surface area contributed by atoms with Gasteiger partial charge in [-0.3, -0.25) is 0 Å². The van der Waals surface area contributed by atoms with Crippen molar-refractivity contribution in [2.45, 2.75) is 25.0 Å². The number of hydrogen-bond acceptors (Lipinski definition) is 2. The van der Waals surface area contributed by atoms with Gasteiger partial charge in [-0.15, -0.1) is 0 Å². The van der Waals surface area contributed by atoms with Crippen molar-refractivity contribution in [3.8, 4) is 5.75 Å². The summed E-state index contributed by atoms with van der Waals surface area (Å²) in [5, 5.41) is 0. The Kier molecular flexibility index (Phi) is 3.76. The zero-order valence-corrected chi connectivity index (χ0v) is 12.4. The van der Waals surface area contributed by atoms with Gasteiger partial charge in [-0.05, 0) is 45.6 Å². The number of hydrogen-bond donors (Lipinski definition) is 1. The molecule has 20 heavy (non-hydrogen) atoms. The summed E-state index contributed by atoms with van der Waals surface area (Å²) in [4.78, 5) is 0. The molecule has 0 saturated heterocycles. The molecular weight excluding hydrogens is 321 g/mol. The molecule has 2 nitrogen and oxygen atoms in total. The predicted molar refractivity (Wildman–Crippen MR) is 80.3 cm³/mol. The molecule has 2 unspecified atom stereocenters. The Labute approximate surface area is 125 Å². The van der Waals surface area contributed by atoms with Crippen molar-refractivity contribution in [3.05, 3.63) is 63.9 Å². The lowest BCUT2D eigenvalue weighted by Crippen LogP contribution is -2.39. The molecule has 1 aliphatic rings. The first-order valence-corrected chi connectivity index (χ1v) is 7.37. The van der Waals surface area contributed by atoms with E-state index in [4.69, 9.17) is 10.5 Å². The Morgan fingerprint density at radius 2 is 2.05 bits per heavy atom. The highest BCUT2D eigenvalue weighted by Crippen LogP contribution is 2.30. The SMILES string of the molecule is NC(Cc1cccc(F)c1Br)C1Cc2ccccc2O1. The van der Waals surface area contributed by atoms with Crippen LogP contribution in [0.1, 0.15) is 11.1 Å². The normalized spacial score (nSPS) is 18.4. The summed E-state index contributed by atoms with van der Waals surface area (Å²) < 4.78 is 19.9. The highest BCUT2D eigenvalue weighted by atomic mass is 79.9. The molecule has 0 fully saturated rings. The molecule has 2 atom stereocenters. The summed E-state index contributed by atoms with van der Waals surface area (Å²) in [6, 6.07) is 12.8. The van der Waals surface area contributed by atoms with Gasteiger partial charge in [0.2, 0.25) is 0 Å². The Hall–Kier alpha value is -1.39.